The number of ether oxygens (including phenoxy) is 1. The van der Waals surface area contributed by atoms with E-state index in [9.17, 15) is 9.59 Å². The van der Waals surface area contributed by atoms with E-state index in [-0.39, 0.29) is 17.9 Å². The number of thiazole rings is 1. The smallest absolute Gasteiger partial charge is 0.409 e. The van der Waals surface area contributed by atoms with Crippen molar-refractivity contribution < 1.29 is 14.3 Å². The molecule has 1 aliphatic rings. The van der Waals surface area contributed by atoms with Crippen molar-refractivity contribution in [2.24, 2.45) is 5.92 Å². The second kappa shape index (κ2) is 8.64. The van der Waals surface area contributed by atoms with Crippen molar-refractivity contribution in [3.8, 4) is 11.3 Å². The summed E-state index contributed by atoms with van der Waals surface area (Å²) in [5.74, 6) is -0.347. The van der Waals surface area contributed by atoms with Gasteiger partial charge in [-0.05, 0) is 31.9 Å². The third-order valence-electron chi connectivity index (χ3n) is 4.17. The van der Waals surface area contributed by atoms with E-state index in [0.717, 1.165) is 28.6 Å². The lowest BCUT2D eigenvalue weighted by molar-refractivity contribution is -0.121. The van der Waals surface area contributed by atoms with Gasteiger partial charge in [-0.25, -0.2) is 9.78 Å². The summed E-state index contributed by atoms with van der Waals surface area (Å²) in [6.45, 7) is 3.13. The fraction of sp³-hybridized carbons (Fsp3) is 0.389. The first kappa shape index (κ1) is 18.8. The molecule has 8 heteroatoms. The number of likely N-dealkylation sites (tertiary alicyclic amines) is 1. The topological polar surface area (TPSA) is 71.5 Å². The number of nitrogens with one attached hydrogen (secondary N) is 1. The Bertz CT molecular complexity index is 795. The van der Waals surface area contributed by atoms with E-state index in [0.29, 0.717) is 24.8 Å². The number of amides is 2. The lowest BCUT2D eigenvalue weighted by Gasteiger charge is -2.30. The average molecular weight is 438 g/mol. The van der Waals surface area contributed by atoms with Gasteiger partial charge >= 0.3 is 6.09 Å². The molecule has 1 unspecified atom stereocenters. The number of halogens is 1. The highest BCUT2D eigenvalue weighted by Crippen LogP contribution is 2.27. The van der Waals surface area contributed by atoms with Crippen LogP contribution in [0.1, 0.15) is 19.8 Å². The summed E-state index contributed by atoms with van der Waals surface area (Å²) in [5, 5.41) is 5.37. The van der Waals surface area contributed by atoms with Crippen LogP contribution < -0.4 is 5.32 Å². The molecule has 1 N–H and O–H groups in total. The molecule has 1 aromatic heterocycles. The number of piperidine rings is 1. The Labute approximate surface area is 164 Å². The van der Waals surface area contributed by atoms with Crippen molar-refractivity contribution in [1.82, 2.24) is 9.88 Å². The molecule has 0 radical (unpaired) electrons. The summed E-state index contributed by atoms with van der Waals surface area (Å²) in [6, 6.07) is 7.86. The number of hydrogen-bond acceptors (Lipinski definition) is 5. The highest BCUT2D eigenvalue weighted by atomic mass is 79.9. The number of carbonyl (C=O) groups excluding carboxylic acids is 2. The Kier molecular flexibility index (Phi) is 6.26. The number of rotatable bonds is 4. The van der Waals surface area contributed by atoms with Crippen LogP contribution in [0.5, 0.6) is 0 Å². The van der Waals surface area contributed by atoms with Crippen LogP contribution in [0.15, 0.2) is 34.1 Å². The number of anilines is 1. The molecule has 1 fully saturated rings. The molecule has 2 aromatic rings. The summed E-state index contributed by atoms with van der Waals surface area (Å²) in [5.41, 5.74) is 1.81. The SMILES string of the molecule is CCOC(=O)N1CCCC(C(=O)Nc2nc(-c3cccc(Br)c3)cs2)C1. The Hall–Kier alpha value is -1.93. The maximum Gasteiger partial charge on any atom is 0.409 e. The quantitative estimate of drug-likeness (QED) is 0.769. The first-order chi connectivity index (χ1) is 12.6. The molecule has 6 nitrogen and oxygen atoms in total. The first-order valence-corrected chi connectivity index (χ1v) is 10.2. The number of hydrogen-bond donors (Lipinski definition) is 1. The maximum absolute atomic E-state index is 12.6. The van der Waals surface area contributed by atoms with Gasteiger partial charge < -0.3 is 15.0 Å². The van der Waals surface area contributed by atoms with E-state index in [1.807, 2.05) is 29.6 Å². The molecule has 1 aliphatic heterocycles. The third-order valence-corrected chi connectivity index (χ3v) is 5.42. The minimum absolute atomic E-state index is 0.103. The summed E-state index contributed by atoms with van der Waals surface area (Å²) in [7, 11) is 0. The molecule has 0 bridgehead atoms. The van der Waals surface area contributed by atoms with Gasteiger partial charge in [0.05, 0.1) is 18.2 Å². The number of carbonyl (C=O) groups is 2. The summed E-state index contributed by atoms with van der Waals surface area (Å²) >= 11 is 4.84. The molecule has 138 valence electrons. The molecular weight excluding hydrogens is 418 g/mol. The zero-order chi connectivity index (χ0) is 18.5. The lowest BCUT2D eigenvalue weighted by atomic mass is 9.97. The van der Waals surface area contributed by atoms with E-state index >= 15 is 0 Å². The first-order valence-electron chi connectivity index (χ1n) is 8.51. The van der Waals surface area contributed by atoms with E-state index < -0.39 is 0 Å². The van der Waals surface area contributed by atoms with Gasteiger partial charge in [0.1, 0.15) is 0 Å². The van der Waals surface area contributed by atoms with Crippen LogP contribution in [0.25, 0.3) is 11.3 Å². The standard InChI is InChI=1S/C18H20BrN3O3S/c1-2-25-18(24)22-8-4-6-13(10-22)16(23)21-17-20-15(11-26-17)12-5-3-7-14(19)9-12/h3,5,7,9,11,13H,2,4,6,8,10H2,1H3,(H,20,21,23). The van der Waals surface area contributed by atoms with Crippen molar-refractivity contribution in [2.45, 2.75) is 19.8 Å². The van der Waals surface area contributed by atoms with Crippen LogP contribution in [0.4, 0.5) is 9.93 Å². The maximum atomic E-state index is 12.6. The Morgan fingerprint density at radius 3 is 3.08 bits per heavy atom. The van der Waals surface area contributed by atoms with Crippen molar-refractivity contribution in [3.05, 3.63) is 34.1 Å². The second-order valence-electron chi connectivity index (χ2n) is 6.02. The number of aromatic nitrogens is 1. The summed E-state index contributed by atoms with van der Waals surface area (Å²) < 4.78 is 6.01. The van der Waals surface area contributed by atoms with E-state index in [2.05, 4.69) is 26.2 Å². The van der Waals surface area contributed by atoms with Crippen LogP contribution in [0.3, 0.4) is 0 Å². The Morgan fingerprint density at radius 1 is 1.46 bits per heavy atom. The zero-order valence-electron chi connectivity index (χ0n) is 14.4. The number of nitrogens with zero attached hydrogens (tertiary/aromatic N) is 2. The van der Waals surface area contributed by atoms with Crippen LogP contribution in [-0.4, -0.2) is 41.6 Å². The van der Waals surface area contributed by atoms with E-state index in [4.69, 9.17) is 4.74 Å². The monoisotopic (exact) mass is 437 g/mol. The Balaban J connectivity index is 1.62. The second-order valence-corrected chi connectivity index (χ2v) is 7.80. The fourth-order valence-corrected chi connectivity index (χ4v) is 4.01. The van der Waals surface area contributed by atoms with Crippen LogP contribution >= 0.6 is 27.3 Å². The molecule has 26 heavy (non-hydrogen) atoms. The molecule has 1 atom stereocenters. The van der Waals surface area contributed by atoms with Gasteiger partial charge in [0, 0.05) is 28.5 Å². The molecule has 1 aromatic carbocycles. The highest BCUT2D eigenvalue weighted by Gasteiger charge is 2.29. The summed E-state index contributed by atoms with van der Waals surface area (Å²) in [6.07, 6.45) is 1.19. The molecule has 3 rings (SSSR count). The molecular formula is C18H20BrN3O3S. The lowest BCUT2D eigenvalue weighted by Crippen LogP contribution is -2.44. The van der Waals surface area contributed by atoms with Gasteiger partial charge in [0.2, 0.25) is 5.91 Å². The van der Waals surface area contributed by atoms with Gasteiger partial charge in [0.25, 0.3) is 0 Å². The molecule has 0 spiro atoms. The fourth-order valence-electron chi connectivity index (χ4n) is 2.89. The molecule has 2 heterocycles. The summed E-state index contributed by atoms with van der Waals surface area (Å²) in [4.78, 5) is 30.5. The number of benzene rings is 1. The minimum atomic E-state index is -0.351. The van der Waals surface area contributed by atoms with Gasteiger partial charge in [-0.15, -0.1) is 11.3 Å². The minimum Gasteiger partial charge on any atom is -0.450 e. The zero-order valence-corrected chi connectivity index (χ0v) is 16.8. The predicted molar refractivity (Wildman–Crippen MR) is 105 cm³/mol. The van der Waals surface area contributed by atoms with Gasteiger partial charge in [0.15, 0.2) is 5.13 Å². The molecule has 2 amide bonds. The normalized spacial score (nSPS) is 17.0. The van der Waals surface area contributed by atoms with Crippen molar-refractivity contribution in [2.75, 3.05) is 25.0 Å². The van der Waals surface area contributed by atoms with Crippen molar-refractivity contribution in [3.63, 3.8) is 0 Å². The van der Waals surface area contributed by atoms with Crippen LogP contribution in [-0.2, 0) is 9.53 Å². The van der Waals surface area contributed by atoms with Crippen LogP contribution in [0, 0.1) is 5.92 Å². The molecule has 1 saturated heterocycles. The van der Waals surface area contributed by atoms with E-state index in [1.165, 1.54) is 11.3 Å². The van der Waals surface area contributed by atoms with Crippen molar-refractivity contribution >= 4 is 44.4 Å². The van der Waals surface area contributed by atoms with Crippen molar-refractivity contribution in [1.29, 1.82) is 0 Å². The van der Waals surface area contributed by atoms with Gasteiger partial charge in [-0.1, -0.05) is 28.1 Å². The average Bonchev–Trinajstić information content (AvgIpc) is 3.10. The van der Waals surface area contributed by atoms with Gasteiger partial charge in [-0.2, -0.15) is 0 Å². The molecule has 0 aliphatic carbocycles. The van der Waals surface area contributed by atoms with E-state index in [1.54, 1.807) is 11.8 Å². The molecule has 0 saturated carbocycles. The highest BCUT2D eigenvalue weighted by molar-refractivity contribution is 9.10. The largest absolute Gasteiger partial charge is 0.450 e. The van der Waals surface area contributed by atoms with Crippen LogP contribution in [0.2, 0.25) is 0 Å². The predicted octanol–water partition coefficient (Wildman–Crippen LogP) is 4.38. The van der Waals surface area contributed by atoms with Gasteiger partial charge in [-0.3, -0.25) is 4.79 Å². The Morgan fingerprint density at radius 2 is 2.31 bits per heavy atom. The third kappa shape index (κ3) is 4.62.